The largest absolute Gasteiger partial charge is 0.354 e. The van der Waals surface area contributed by atoms with Crippen molar-refractivity contribution in [2.45, 2.75) is 50.9 Å². The molecule has 0 aromatic heterocycles. The normalized spacial score (nSPS) is 22.6. The monoisotopic (exact) mass is 434 g/mol. The average molecular weight is 435 g/mol. The molecule has 2 rings (SSSR count). The minimum Gasteiger partial charge on any atom is -0.354 e. The molecule has 1 aliphatic carbocycles. The van der Waals surface area contributed by atoms with E-state index in [4.69, 9.17) is 0 Å². The number of benzene rings is 1. The van der Waals surface area contributed by atoms with E-state index in [1.54, 1.807) is 0 Å². The van der Waals surface area contributed by atoms with Gasteiger partial charge in [0.05, 0.1) is 0 Å². The van der Waals surface area contributed by atoms with Crippen molar-refractivity contribution in [3.63, 3.8) is 0 Å². The second kappa shape index (κ2) is 8.41. The third-order valence-electron chi connectivity index (χ3n) is 4.84. The van der Waals surface area contributed by atoms with Gasteiger partial charge in [0.2, 0.25) is 11.8 Å². The van der Waals surface area contributed by atoms with E-state index in [1.807, 2.05) is 0 Å². The molecule has 0 radical (unpaired) electrons. The quantitative estimate of drug-likeness (QED) is 0.712. The maximum Gasteiger partial charge on any atom is 0.294 e. The topological polar surface area (TPSA) is 49.4 Å². The molecule has 0 aliphatic heterocycles. The van der Waals surface area contributed by atoms with Gasteiger partial charge in [-0.3, -0.25) is 9.59 Å². The lowest BCUT2D eigenvalue weighted by molar-refractivity contribution is -0.173. The summed E-state index contributed by atoms with van der Waals surface area (Å²) in [5, 5.41) is 2.79. The van der Waals surface area contributed by atoms with Gasteiger partial charge in [0.1, 0.15) is 0 Å². The van der Waals surface area contributed by atoms with Crippen LogP contribution in [0, 0.1) is 5.92 Å². The van der Waals surface area contributed by atoms with Crippen LogP contribution in [0.1, 0.15) is 38.2 Å². The van der Waals surface area contributed by atoms with Crippen LogP contribution in [0.3, 0.4) is 0 Å². The van der Waals surface area contributed by atoms with Crippen molar-refractivity contribution < 1.29 is 22.8 Å². The lowest BCUT2D eigenvalue weighted by Crippen LogP contribution is -2.51. The van der Waals surface area contributed by atoms with Crippen molar-refractivity contribution in [1.29, 1.82) is 0 Å². The predicted molar refractivity (Wildman–Crippen MR) is 95.3 cm³/mol. The highest BCUT2D eigenvalue weighted by atomic mass is 79.9. The molecule has 1 aliphatic rings. The zero-order chi connectivity index (χ0) is 19.5. The fourth-order valence-corrected chi connectivity index (χ4v) is 3.62. The number of hydrogen-bond donors (Lipinski definition) is 1. The molecule has 144 valence electrons. The summed E-state index contributed by atoms with van der Waals surface area (Å²) in [4.78, 5) is 24.3. The lowest BCUT2D eigenvalue weighted by atomic mass is 9.84. The molecule has 1 atom stereocenters. The van der Waals surface area contributed by atoms with E-state index in [0.717, 1.165) is 7.05 Å². The standard InChI is InChI=1S/C18H22BrF3N2O2/c1-11(25)23-15-9-3-12(4-10-15)16(26)24(2)18(22,17(20)21)13-5-7-14(19)8-6-13/h5-8,12,15,17H,3-4,9-10H2,1-2H3,(H,23,25). The van der Waals surface area contributed by atoms with Crippen LogP contribution in [0.2, 0.25) is 0 Å². The van der Waals surface area contributed by atoms with Crippen molar-refractivity contribution in [2.75, 3.05) is 7.05 Å². The molecule has 0 spiro atoms. The third-order valence-corrected chi connectivity index (χ3v) is 5.37. The van der Waals surface area contributed by atoms with Gasteiger partial charge in [0, 0.05) is 36.0 Å². The second-order valence-corrected chi connectivity index (χ2v) is 7.54. The molecule has 1 fully saturated rings. The number of rotatable bonds is 5. The highest BCUT2D eigenvalue weighted by Crippen LogP contribution is 2.38. The Morgan fingerprint density at radius 2 is 1.73 bits per heavy atom. The van der Waals surface area contributed by atoms with Gasteiger partial charge in [-0.2, -0.15) is 0 Å². The fraction of sp³-hybridized carbons (Fsp3) is 0.556. The summed E-state index contributed by atoms with van der Waals surface area (Å²) in [6, 6.07) is 5.38. The summed E-state index contributed by atoms with van der Waals surface area (Å²) in [5.41, 5.74) is -0.265. The summed E-state index contributed by atoms with van der Waals surface area (Å²) in [7, 11) is 1.08. The van der Waals surface area contributed by atoms with E-state index in [9.17, 15) is 18.4 Å². The summed E-state index contributed by atoms with van der Waals surface area (Å²) >= 11 is 3.18. The zero-order valence-electron chi connectivity index (χ0n) is 14.6. The van der Waals surface area contributed by atoms with Crippen LogP contribution < -0.4 is 5.32 Å². The third kappa shape index (κ3) is 4.39. The van der Waals surface area contributed by atoms with E-state index < -0.39 is 24.0 Å². The number of alkyl halides is 3. The maximum atomic E-state index is 15.3. The van der Waals surface area contributed by atoms with Crippen LogP contribution >= 0.6 is 15.9 Å². The van der Waals surface area contributed by atoms with Crippen LogP contribution in [-0.2, 0) is 15.4 Å². The zero-order valence-corrected chi connectivity index (χ0v) is 16.2. The minimum atomic E-state index is -3.38. The predicted octanol–water partition coefficient (Wildman–Crippen LogP) is 3.99. The Morgan fingerprint density at radius 1 is 1.19 bits per heavy atom. The van der Waals surface area contributed by atoms with Gasteiger partial charge in [-0.1, -0.05) is 28.1 Å². The molecular weight excluding hydrogens is 413 g/mol. The van der Waals surface area contributed by atoms with Gasteiger partial charge in [0.25, 0.3) is 12.2 Å². The molecule has 26 heavy (non-hydrogen) atoms. The van der Waals surface area contributed by atoms with E-state index >= 15 is 4.39 Å². The highest BCUT2D eigenvalue weighted by Gasteiger charge is 2.49. The average Bonchev–Trinajstić information content (AvgIpc) is 2.60. The first kappa shape index (κ1) is 20.7. The van der Waals surface area contributed by atoms with Crippen LogP contribution in [-0.4, -0.2) is 36.2 Å². The van der Waals surface area contributed by atoms with Crippen molar-refractivity contribution >= 4 is 27.7 Å². The van der Waals surface area contributed by atoms with Gasteiger partial charge in [0.15, 0.2) is 0 Å². The molecule has 2 amide bonds. The van der Waals surface area contributed by atoms with Gasteiger partial charge in [-0.25, -0.2) is 13.2 Å². The van der Waals surface area contributed by atoms with Gasteiger partial charge in [-0.05, 0) is 37.8 Å². The van der Waals surface area contributed by atoms with Crippen molar-refractivity contribution in [3.05, 3.63) is 34.3 Å². The Hall–Kier alpha value is -1.57. The molecule has 1 aromatic rings. The Balaban J connectivity index is 2.14. The Bertz CT molecular complexity index is 648. The van der Waals surface area contributed by atoms with Gasteiger partial charge in [-0.15, -0.1) is 0 Å². The number of carbonyl (C=O) groups is 2. The van der Waals surface area contributed by atoms with Gasteiger partial charge >= 0.3 is 0 Å². The molecule has 1 N–H and O–H groups in total. The second-order valence-electron chi connectivity index (χ2n) is 6.63. The molecule has 4 nitrogen and oxygen atoms in total. The summed E-state index contributed by atoms with van der Waals surface area (Å²) in [5.74, 6) is -4.51. The Labute approximate surface area is 159 Å². The number of carbonyl (C=O) groups excluding carboxylic acids is 2. The number of hydrogen-bond acceptors (Lipinski definition) is 2. The smallest absolute Gasteiger partial charge is 0.294 e. The van der Waals surface area contributed by atoms with Crippen LogP contribution in [0.25, 0.3) is 0 Å². The SMILES string of the molecule is CC(=O)NC1CCC(C(=O)N(C)C(F)(c2ccc(Br)cc2)C(F)F)CC1. The molecule has 1 unspecified atom stereocenters. The molecule has 0 heterocycles. The van der Waals surface area contributed by atoms with Gasteiger partial charge < -0.3 is 10.2 Å². The summed E-state index contributed by atoms with van der Waals surface area (Å²) in [6.45, 7) is 1.42. The number of halogens is 4. The minimum absolute atomic E-state index is 0.0291. The summed E-state index contributed by atoms with van der Waals surface area (Å²) < 4.78 is 43.2. The summed E-state index contributed by atoms with van der Waals surface area (Å²) in [6.07, 6.45) is -1.40. The van der Waals surface area contributed by atoms with Crippen LogP contribution in [0.15, 0.2) is 28.7 Å². The van der Waals surface area contributed by atoms with E-state index in [1.165, 1.54) is 31.2 Å². The van der Waals surface area contributed by atoms with E-state index in [2.05, 4.69) is 21.2 Å². The first-order chi connectivity index (χ1) is 12.2. The molecule has 8 heteroatoms. The van der Waals surface area contributed by atoms with E-state index in [-0.39, 0.29) is 17.5 Å². The number of amides is 2. The first-order valence-corrected chi connectivity index (χ1v) is 9.23. The van der Waals surface area contributed by atoms with Crippen molar-refractivity contribution in [2.24, 2.45) is 5.92 Å². The highest BCUT2D eigenvalue weighted by molar-refractivity contribution is 9.10. The van der Waals surface area contributed by atoms with E-state index in [0.29, 0.717) is 35.1 Å². The lowest BCUT2D eigenvalue weighted by Gasteiger charge is -2.38. The molecule has 1 aromatic carbocycles. The Morgan fingerprint density at radius 3 is 2.19 bits per heavy atom. The maximum absolute atomic E-state index is 15.3. The first-order valence-electron chi connectivity index (χ1n) is 8.44. The Kier molecular flexibility index (Phi) is 6.71. The van der Waals surface area contributed by atoms with Crippen LogP contribution in [0.5, 0.6) is 0 Å². The molecule has 1 saturated carbocycles. The fourth-order valence-electron chi connectivity index (χ4n) is 3.36. The molecule has 0 bridgehead atoms. The number of nitrogens with zero attached hydrogens (tertiary/aromatic N) is 1. The van der Waals surface area contributed by atoms with Crippen molar-refractivity contribution in [1.82, 2.24) is 10.2 Å². The number of nitrogens with one attached hydrogen (secondary N) is 1. The van der Waals surface area contributed by atoms with Crippen molar-refractivity contribution in [3.8, 4) is 0 Å². The molecular formula is C18H22BrF3N2O2. The van der Waals surface area contributed by atoms with Crippen LogP contribution in [0.4, 0.5) is 13.2 Å². The molecule has 0 saturated heterocycles.